The molecule has 0 unspecified atom stereocenters. The molecular formula is C35H50O7. The highest BCUT2D eigenvalue weighted by atomic mass is 16.5. The van der Waals surface area contributed by atoms with E-state index in [1.54, 1.807) is 49.6 Å². The summed E-state index contributed by atoms with van der Waals surface area (Å²) in [6.07, 6.45) is 0. The fourth-order valence-electron chi connectivity index (χ4n) is 4.09. The Labute approximate surface area is 253 Å². The molecule has 0 saturated carbocycles. The van der Waals surface area contributed by atoms with Crippen molar-refractivity contribution in [1.82, 2.24) is 0 Å². The molecular weight excluding hydrogens is 532 g/mol. The summed E-state index contributed by atoms with van der Waals surface area (Å²) in [7, 11) is 9.79. The third-order valence-corrected chi connectivity index (χ3v) is 6.69. The molecule has 0 amide bonds. The molecule has 0 aliphatic rings. The van der Waals surface area contributed by atoms with E-state index in [0.717, 1.165) is 11.5 Å². The van der Waals surface area contributed by atoms with E-state index in [9.17, 15) is 4.79 Å². The molecule has 7 nitrogen and oxygen atoms in total. The van der Waals surface area contributed by atoms with Crippen molar-refractivity contribution < 1.29 is 33.2 Å². The molecule has 0 heterocycles. The fourth-order valence-corrected chi connectivity index (χ4v) is 4.09. The number of ketones is 1. The molecule has 3 aromatic carbocycles. The molecule has 3 rings (SSSR count). The van der Waals surface area contributed by atoms with Gasteiger partial charge in [0.15, 0.2) is 17.3 Å². The maximum atomic E-state index is 11.2. The lowest BCUT2D eigenvalue weighted by Gasteiger charge is -2.15. The zero-order valence-corrected chi connectivity index (χ0v) is 27.7. The average Bonchev–Trinajstić information content (AvgIpc) is 2.99. The van der Waals surface area contributed by atoms with Gasteiger partial charge in [-0.1, -0.05) is 53.7 Å². The summed E-state index contributed by atoms with van der Waals surface area (Å²) in [6, 6.07) is 15.6. The van der Waals surface area contributed by atoms with Crippen molar-refractivity contribution in [3.05, 3.63) is 70.8 Å². The normalized spacial score (nSPS) is 10.3. The lowest BCUT2D eigenvalue weighted by atomic mass is 10.00. The van der Waals surface area contributed by atoms with Gasteiger partial charge in [-0.25, -0.2) is 0 Å². The first-order chi connectivity index (χ1) is 19.9. The number of methoxy groups -OCH3 is 6. The number of hydrogen-bond donors (Lipinski definition) is 0. The maximum absolute atomic E-state index is 11.2. The first kappa shape index (κ1) is 36.2. The summed E-state index contributed by atoms with van der Waals surface area (Å²) < 4.78 is 31.3. The van der Waals surface area contributed by atoms with Gasteiger partial charge in [0, 0.05) is 6.07 Å². The van der Waals surface area contributed by atoms with Crippen LogP contribution in [-0.4, -0.2) is 48.4 Å². The lowest BCUT2D eigenvalue weighted by Crippen LogP contribution is -1.99. The molecule has 0 atom stereocenters. The van der Waals surface area contributed by atoms with E-state index in [-0.39, 0.29) is 5.78 Å². The second-order valence-electron chi connectivity index (χ2n) is 10.5. The Morgan fingerprint density at radius 1 is 0.524 bits per heavy atom. The summed E-state index contributed by atoms with van der Waals surface area (Å²) in [5.74, 6) is 5.85. The van der Waals surface area contributed by atoms with E-state index in [1.807, 2.05) is 48.5 Å². The third kappa shape index (κ3) is 10.2. The molecule has 232 valence electrons. The number of hydrogen-bond acceptors (Lipinski definition) is 7. The van der Waals surface area contributed by atoms with Crippen LogP contribution in [0.5, 0.6) is 34.5 Å². The zero-order chi connectivity index (χ0) is 32.0. The number of carbonyl (C=O) groups excluding carboxylic acids is 1. The maximum Gasteiger partial charge on any atom is 0.203 e. The highest BCUT2D eigenvalue weighted by Gasteiger charge is 2.14. The Morgan fingerprint density at radius 3 is 1.40 bits per heavy atom. The Morgan fingerprint density at radius 2 is 1.02 bits per heavy atom. The molecule has 0 fully saturated rings. The van der Waals surface area contributed by atoms with Crippen LogP contribution in [-0.2, 0) is 0 Å². The molecule has 0 N–H and O–H groups in total. The van der Waals surface area contributed by atoms with E-state index in [2.05, 4.69) is 41.5 Å². The molecule has 0 aliphatic carbocycles. The number of rotatable bonds is 10. The van der Waals surface area contributed by atoms with Gasteiger partial charge < -0.3 is 28.4 Å². The van der Waals surface area contributed by atoms with E-state index >= 15 is 0 Å². The van der Waals surface area contributed by atoms with Crippen LogP contribution in [0.25, 0.3) is 0 Å². The second-order valence-corrected chi connectivity index (χ2v) is 10.5. The van der Waals surface area contributed by atoms with Crippen LogP contribution in [0.2, 0.25) is 0 Å². The van der Waals surface area contributed by atoms with Gasteiger partial charge in [-0.3, -0.25) is 4.79 Å². The molecule has 0 aliphatic heterocycles. The first-order valence-electron chi connectivity index (χ1n) is 14.1. The van der Waals surface area contributed by atoms with Gasteiger partial charge >= 0.3 is 0 Å². The van der Waals surface area contributed by atoms with Gasteiger partial charge in [0.1, 0.15) is 17.2 Å². The molecule has 0 spiro atoms. The summed E-state index contributed by atoms with van der Waals surface area (Å²) in [5.41, 5.74) is 4.22. The van der Waals surface area contributed by atoms with Crippen molar-refractivity contribution in [2.24, 2.45) is 0 Å². The van der Waals surface area contributed by atoms with Crippen molar-refractivity contribution in [2.45, 2.75) is 66.2 Å². The van der Waals surface area contributed by atoms with Gasteiger partial charge in [-0.2, -0.15) is 0 Å². The van der Waals surface area contributed by atoms with Crippen LogP contribution in [0.1, 0.15) is 93.3 Å². The van der Waals surface area contributed by atoms with E-state index in [1.165, 1.54) is 16.7 Å². The highest BCUT2D eigenvalue weighted by molar-refractivity contribution is 5.96. The number of carbonyl (C=O) groups is 1. The minimum atomic E-state index is 0.0390. The van der Waals surface area contributed by atoms with Crippen LogP contribution in [0.4, 0.5) is 0 Å². The molecule has 0 radical (unpaired) electrons. The SMILES string of the molecule is COc1cc(C(C)C)cc(OC)c1OC.COc1cc(C(C)C)ccc1C(C)=O.COc1ccc(C(C)C)c(OC)c1. The second kappa shape index (κ2) is 17.8. The van der Waals surface area contributed by atoms with Crippen molar-refractivity contribution in [3.63, 3.8) is 0 Å². The largest absolute Gasteiger partial charge is 0.497 e. The topological polar surface area (TPSA) is 72.5 Å². The number of benzene rings is 3. The number of Topliss-reactive ketones (excluding diaryl/α,β-unsaturated/α-hetero) is 1. The van der Waals surface area contributed by atoms with Crippen LogP contribution in [0.3, 0.4) is 0 Å². The van der Waals surface area contributed by atoms with Crippen LogP contribution < -0.4 is 28.4 Å². The monoisotopic (exact) mass is 582 g/mol. The zero-order valence-electron chi connectivity index (χ0n) is 27.7. The van der Waals surface area contributed by atoms with E-state index in [0.29, 0.717) is 46.3 Å². The van der Waals surface area contributed by atoms with Crippen LogP contribution in [0, 0.1) is 0 Å². The molecule has 0 bridgehead atoms. The summed E-state index contributed by atoms with van der Waals surface area (Å²) in [5, 5.41) is 0. The molecule has 7 heteroatoms. The molecule has 0 aromatic heterocycles. The summed E-state index contributed by atoms with van der Waals surface area (Å²) >= 11 is 0. The Balaban J connectivity index is 0.000000316. The average molecular weight is 583 g/mol. The molecule has 42 heavy (non-hydrogen) atoms. The van der Waals surface area contributed by atoms with E-state index < -0.39 is 0 Å². The van der Waals surface area contributed by atoms with Crippen molar-refractivity contribution in [1.29, 1.82) is 0 Å². The lowest BCUT2D eigenvalue weighted by molar-refractivity contribution is 0.101. The van der Waals surface area contributed by atoms with E-state index in [4.69, 9.17) is 28.4 Å². The van der Waals surface area contributed by atoms with Crippen molar-refractivity contribution >= 4 is 5.78 Å². The Bertz CT molecular complexity index is 1240. The van der Waals surface area contributed by atoms with Gasteiger partial charge in [0.25, 0.3) is 0 Å². The van der Waals surface area contributed by atoms with Crippen LogP contribution >= 0.6 is 0 Å². The predicted octanol–water partition coefficient (Wildman–Crippen LogP) is 8.68. The van der Waals surface area contributed by atoms with Crippen molar-refractivity contribution in [2.75, 3.05) is 42.7 Å². The highest BCUT2D eigenvalue weighted by Crippen LogP contribution is 2.39. The minimum Gasteiger partial charge on any atom is -0.497 e. The Hall–Kier alpha value is -3.87. The quantitative estimate of drug-likeness (QED) is 0.221. The third-order valence-electron chi connectivity index (χ3n) is 6.69. The predicted molar refractivity (Wildman–Crippen MR) is 171 cm³/mol. The molecule has 3 aromatic rings. The van der Waals surface area contributed by atoms with Gasteiger partial charge in [0.05, 0.1) is 48.2 Å². The van der Waals surface area contributed by atoms with Crippen LogP contribution in [0.15, 0.2) is 48.5 Å². The number of ether oxygens (including phenoxy) is 6. The Kier molecular flexibility index (Phi) is 15.4. The summed E-state index contributed by atoms with van der Waals surface area (Å²) in [4.78, 5) is 11.2. The van der Waals surface area contributed by atoms with Gasteiger partial charge in [-0.05, 0) is 71.7 Å². The first-order valence-corrected chi connectivity index (χ1v) is 14.1. The van der Waals surface area contributed by atoms with Gasteiger partial charge in [0.2, 0.25) is 5.75 Å². The van der Waals surface area contributed by atoms with Crippen molar-refractivity contribution in [3.8, 4) is 34.5 Å². The summed E-state index contributed by atoms with van der Waals surface area (Å²) in [6.45, 7) is 14.3. The smallest absolute Gasteiger partial charge is 0.203 e. The standard InChI is InChI=1S/C12H18O3.C12H16O2.C11H16O2/c1-8(2)9-6-10(13-3)12(15-5)11(7-9)14-4;1-8(2)10-5-6-11(9(3)13)12(7-10)14-4;1-8(2)10-6-5-9(12-3)7-11(10)13-4/h6-8H,1-5H3;5-8H,1-4H3;5-8H,1-4H3. The van der Waals surface area contributed by atoms with Gasteiger partial charge in [-0.15, -0.1) is 0 Å². The molecule has 0 saturated heterocycles. The fraction of sp³-hybridized carbons (Fsp3) is 0.457. The minimum absolute atomic E-state index is 0.0390.